The summed E-state index contributed by atoms with van der Waals surface area (Å²) in [6, 6.07) is 3.18. The van der Waals surface area contributed by atoms with Gasteiger partial charge in [-0.15, -0.1) is 0 Å². The number of halogens is 1. The van der Waals surface area contributed by atoms with Crippen LogP contribution in [-0.2, 0) is 4.74 Å². The van der Waals surface area contributed by atoms with Gasteiger partial charge in [0.1, 0.15) is 22.4 Å². The third-order valence-corrected chi connectivity index (χ3v) is 5.28. The number of amides is 2. The summed E-state index contributed by atoms with van der Waals surface area (Å²) in [4.78, 5) is 32.9. The van der Waals surface area contributed by atoms with Crippen molar-refractivity contribution >= 4 is 23.6 Å². The van der Waals surface area contributed by atoms with Crippen molar-refractivity contribution < 1.29 is 19.1 Å². The van der Waals surface area contributed by atoms with Crippen LogP contribution in [0.4, 0.5) is 4.79 Å². The van der Waals surface area contributed by atoms with Gasteiger partial charge in [-0.25, -0.2) is 9.78 Å². The Morgan fingerprint density at radius 2 is 1.96 bits per heavy atom. The van der Waals surface area contributed by atoms with Crippen molar-refractivity contribution in [3.05, 3.63) is 22.8 Å². The maximum absolute atomic E-state index is 13.1. The molecule has 1 unspecified atom stereocenters. The molecule has 0 aromatic carbocycles. The Bertz CT molecular complexity index is 745. The van der Waals surface area contributed by atoms with Crippen LogP contribution < -0.4 is 4.74 Å². The molecular weight excluding hydrogens is 382 g/mol. The van der Waals surface area contributed by atoms with Crippen molar-refractivity contribution in [1.82, 2.24) is 14.8 Å². The summed E-state index contributed by atoms with van der Waals surface area (Å²) < 4.78 is 11.3. The van der Waals surface area contributed by atoms with E-state index in [9.17, 15) is 9.59 Å². The van der Waals surface area contributed by atoms with Crippen molar-refractivity contribution in [3.63, 3.8) is 0 Å². The monoisotopic (exact) mass is 409 g/mol. The summed E-state index contributed by atoms with van der Waals surface area (Å²) in [6.45, 7) is 6.50. The molecule has 0 bridgehead atoms. The van der Waals surface area contributed by atoms with Crippen molar-refractivity contribution in [3.8, 4) is 5.88 Å². The Hall–Kier alpha value is -2.02. The lowest BCUT2D eigenvalue weighted by atomic mass is 9.96. The van der Waals surface area contributed by atoms with Gasteiger partial charge in [0, 0.05) is 20.1 Å². The quantitative estimate of drug-likeness (QED) is 0.708. The lowest BCUT2D eigenvalue weighted by Crippen LogP contribution is -2.42. The highest BCUT2D eigenvalue weighted by molar-refractivity contribution is 6.29. The van der Waals surface area contributed by atoms with Gasteiger partial charge in [-0.1, -0.05) is 11.6 Å². The zero-order valence-corrected chi connectivity index (χ0v) is 17.7. The third kappa shape index (κ3) is 4.87. The molecule has 1 saturated heterocycles. The lowest BCUT2D eigenvalue weighted by molar-refractivity contribution is 0.0226. The molecule has 1 aromatic heterocycles. The van der Waals surface area contributed by atoms with Gasteiger partial charge in [0.25, 0.3) is 5.91 Å². The van der Waals surface area contributed by atoms with E-state index in [-0.39, 0.29) is 24.1 Å². The number of pyridine rings is 1. The van der Waals surface area contributed by atoms with Crippen LogP contribution in [0.25, 0.3) is 0 Å². The summed E-state index contributed by atoms with van der Waals surface area (Å²) in [5.41, 5.74) is -0.140. The molecule has 154 valence electrons. The fourth-order valence-corrected chi connectivity index (χ4v) is 3.35. The fraction of sp³-hybridized carbons (Fsp3) is 0.650. The first-order valence-corrected chi connectivity index (χ1v) is 10.1. The van der Waals surface area contributed by atoms with Crippen LogP contribution in [0.2, 0.25) is 5.15 Å². The number of hydrogen-bond donors (Lipinski definition) is 0. The number of likely N-dealkylation sites (N-methyl/N-ethyl adjacent to an activating group) is 1. The second-order valence-corrected chi connectivity index (χ2v) is 8.83. The minimum atomic E-state index is -0.553. The van der Waals surface area contributed by atoms with Gasteiger partial charge in [0.2, 0.25) is 5.88 Å². The number of ether oxygens (including phenoxy) is 2. The highest BCUT2D eigenvalue weighted by Crippen LogP contribution is 2.29. The first-order valence-electron chi connectivity index (χ1n) is 9.72. The van der Waals surface area contributed by atoms with Gasteiger partial charge < -0.3 is 19.3 Å². The molecule has 0 N–H and O–H groups in total. The summed E-state index contributed by atoms with van der Waals surface area (Å²) in [5.74, 6) is 0.143. The average Bonchev–Trinajstić information content (AvgIpc) is 3.05. The summed E-state index contributed by atoms with van der Waals surface area (Å²) in [6.07, 6.45) is 3.47. The number of aromatic nitrogens is 1. The fourth-order valence-electron chi connectivity index (χ4n) is 3.21. The predicted molar refractivity (Wildman–Crippen MR) is 106 cm³/mol. The standard InChI is InChI=1S/C20H28ClN3O4/c1-20(2,3)28-19(26)23(4)13-10-11-24(12-13)18(25)15-8-9-16(21)22-17(15)27-14-6-5-7-14/h8-9,13-14H,5-7,10-12H2,1-4H3. The molecule has 0 spiro atoms. The molecule has 1 aromatic rings. The van der Waals surface area contributed by atoms with Crippen molar-refractivity contribution in [1.29, 1.82) is 0 Å². The zero-order valence-electron chi connectivity index (χ0n) is 16.9. The van der Waals surface area contributed by atoms with E-state index in [4.69, 9.17) is 21.1 Å². The van der Waals surface area contributed by atoms with E-state index in [1.807, 2.05) is 20.8 Å². The van der Waals surface area contributed by atoms with Crippen LogP contribution in [-0.4, -0.2) is 64.7 Å². The highest BCUT2D eigenvalue weighted by Gasteiger charge is 2.34. The average molecular weight is 410 g/mol. The summed E-state index contributed by atoms with van der Waals surface area (Å²) in [5, 5.41) is 0.301. The van der Waals surface area contributed by atoms with Crippen LogP contribution in [0.1, 0.15) is 56.8 Å². The minimum Gasteiger partial charge on any atom is -0.474 e. The summed E-state index contributed by atoms with van der Waals surface area (Å²) >= 11 is 6.00. The normalized spacial score (nSPS) is 19.9. The Morgan fingerprint density at radius 1 is 1.25 bits per heavy atom. The van der Waals surface area contributed by atoms with Gasteiger partial charge in [-0.3, -0.25) is 4.79 Å². The molecule has 2 fully saturated rings. The number of likely N-dealkylation sites (tertiary alicyclic amines) is 1. The predicted octanol–water partition coefficient (Wildman–Crippen LogP) is 3.75. The first-order chi connectivity index (χ1) is 13.1. The van der Waals surface area contributed by atoms with Crippen LogP contribution in [0.15, 0.2) is 12.1 Å². The molecule has 1 saturated carbocycles. The second kappa shape index (κ2) is 8.15. The van der Waals surface area contributed by atoms with E-state index in [1.165, 1.54) is 0 Å². The van der Waals surface area contributed by atoms with Gasteiger partial charge in [0.05, 0.1) is 6.04 Å². The number of rotatable bonds is 4. The Balaban J connectivity index is 1.66. The Labute approximate surface area is 170 Å². The third-order valence-electron chi connectivity index (χ3n) is 5.07. The lowest BCUT2D eigenvalue weighted by Gasteiger charge is -2.29. The van der Waals surface area contributed by atoms with Crippen molar-refractivity contribution in [2.24, 2.45) is 0 Å². The number of carbonyl (C=O) groups is 2. The van der Waals surface area contributed by atoms with E-state index >= 15 is 0 Å². The minimum absolute atomic E-state index is 0.0879. The zero-order chi connectivity index (χ0) is 20.5. The van der Waals surface area contributed by atoms with Gasteiger partial charge in [0.15, 0.2) is 0 Å². The molecular formula is C20H28ClN3O4. The number of nitrogens with zero attached hydrogens (tertiary/aromatic N) is 3. The molecule has 0 radical (unpaired) electrons. The van der Waals surface area contributed by atoms with Crippen LogP contribution >= 0.6 is 11.6 Å². The van der Waals surface area contributed by atoms with Gasteiger partial charge >= 0.3 is 6.09 Å². The molecule has 2 aliphatic rings. The molecule has 7 nitrogen and oxygen atoms in total. The van der Waals surface area contributed by atoms with E-state index in [0.29, 0.717) is 36.1 Å². The highest BCUT2D eigenvalue weighted by atomic mass is 35.5. The molecule has 3 rings (SSSR count). The van der Waals surface area contributed by atoms with Crippen molar-refractivity contribution in [2.75, 3.05) is 20.1 Å². The summed E-state index contributed by atoms with van der Waals surface area (Å²) in [7, 11) is 1.71. The van der Waals surface area contributed by atoms with E-state index in [0.717, 1.165) is 19.3 Å². The Morgan fingerprint density at radius 3 is 2.57 bits per heavy atom. The molecule has 2 heterocycles. The molecule has 28 heavy (non-hydrogen) atoms. The Kier molecular flexibility index (Phi) is 6.03. The SMILES string of the molecule is CN(C(=O)OC(C)(C)C)C1CCN(C(=O)c2ccc(Cl)nc2OC2CCC2)C1. The molecule has 8 heteroatoms. The molecule has 1 aliphatic heterocycles. The second-order valence-electron chi connectivity index (χ2n) is 8.44. The maximum Gasteiger partial charge on any atom is 0.410 e. The van der Waals surface area contributed by atoms with Crippen LogP contribution in [0.5, 0.6) is 5.88 Å². The van der Waals surface area contributed by atoms with Crippen LogP contribution in [0.3, 0.4) is 0 Å². The van der Waals surface area contributed by atoms with Crippen LogP contribution in [0, 0.1) is 0 Å². The molecule has 1 atom stereocenters. The largest absolute Gasteiger partial charge is 0.474 e. The smallest absolute Gasteiger partial charge is 0.410 e. The number of carbonyl (C=O) groups excluding carboxylic acids is 2. The number of hydrogen-bond acceptors (Lipinski definition) is 5. The van der Waals surface area contributed by atoms with Gasteiger partial charge in [-0.2, -0.15) is 0 Å². The van der Waals surface area contributed by atoms with E-state index in [1.54, 1.807) is 29.0 Å². The maximum atomic E-state index is 13.1. The first kappa shape index (κ1) is 20.7. The molecule has 2 amide bonds. The van der Waals surface area contributed by atoms with Gasteiger partial charge in [-0.05, 0) is 58.6 Å². The topological polar surface area (TPSA) is 72.0 Å². The van der Waals surface area contributed by atoms with E-state index in [2.05, 4.69) is 4.98 Å². The van der Waals surface area contributed by atoms with Crippen molar-refractivity contribution in [2.45, 2.75) is 64.2 Å². The molecule has 1 aliphatic carbocycles. The van der Waals surface area contributed by atoms with E-state index < -0.39 is 5.60 Å².